The van der Waals surface area contributed by atoms with Crippen molar-refractivity contribution in [3.05, 3.63) is 59.4 Å². The van der Waals surface area contributed by atoms with Crippen molar-refractivity contribution in [2.75, 3.05) is 12.4 Å². The Morgan fingerprint density at radius 2 is 2.04 bits per heavy atom. The minimum Gasteiger partial charge on any atom is -0.495 e. The molecular formula is C20H19N5O2S. The van der Waals surface area contributed by atoms with Crippen molar-refractivity contribution in [1.82, 2.24) is 19.8 Å². The molecule has 0 fully saturated rings. The first kappa shape index (κ1) is 18.1. The van der Waals surface area contributed by atoms with Crippen LogP contribution in [0.25, 0.3) is 15.5 Å². The van der Waals surface area contributed by atoms with Crippen LogP contribution in [-0.4, -0.2) is 32.8 Å². The summed E-state index contributed by atoms with van der Waals surface area (Å²) in [6.07, 6.45) is 0.755. The Kier molecular flexibility index (Phi) is 4.79. The van der Waals surface area contributed by atoms with E-state index in [2.05, 4.69) is 20.6 Å². The van der Waals surface area contributed by atoms with E-state index in [4.69, 9.17) is 4.74 Å². The maximum atomic E-state index is 12.7. The van der Waals surface area contributed by atoms with Gasteiger partial charge in [-0.15, -0.1) is 10.2 Å². The normalized spacial score (nSPS) is 11.0. The van der Waals surface area contributed by atoms with E-state index in [9.17, 15) is 4.79 Å². The van der Waals surface area contributed by atoms with Gasteiger partial charge in [-0.25, -0.2) is 0 Å². The van der Waals surface area contributed by atoms with Crippen LogP contribution in [0.15, 0.2) is 42.5 Å². The minimum absolute atomic E-state index is 0.181. The second-order valence-corrected chi connectivity index (χ2v) is 7.21. The molecule has 2 heterocycles. The summed E-state index contributed by atoms with van der Waals surface area (Å²) < 4.78 is 7.18. The summed E-state index contributed by atoms with van der Waals surface area (Å²) in [6.45, 7) is 3.93. The van der Waals surface area contributed by atoms with E-state index in [1.165, 1.54) is 11.3 Å². The first-order chi connectivity index (χ1) is 13.6. The van der Waals surface area contributed by atoms with Gasteiger partial charge in [-0.2, -0.15) is 9.61 Å². The number of carbonyl (C=O) groups is 1. The highest BCUT2D eigenvalue weighted by Crippen LogP contribution is 2.33. The van der Waals surface area contributed by atoms with E-state index in [1.807, 2.05) is 50.2 Å². The molecule has 0 bridgehead atoms. The molecule has 142 valence electrons. The number of fused-ring (bicyclic) bond motifs is 1. The van der Waals surface area contributed by atoms with Gasteiger partial charge in [0.15, 0.2) is 5.82 Å². The smallest absolute Gasteiger partial charge is 0.256 e. The van der Waals surface area contributed by atoms with Gasteiger partial charge in [0.05, 0.1) is 12.8 Å². The standard InChI is InChI=1S/C20H19N5O2S/c1-4-17-22-23-20-25(17)24-19(28-20)13-9-10-16(27-3)15(11-13)21-18(26)14-8-6-5-7-12(14)2/h5-11H,4H2,1-3H3,(H,21,26). The molecule has 0 saturated heterocycles. The molecule has 4 rings (SSSR count). The van der Waals surface area contributed by atoms with Gasteiger partial charge >= 0.3 is 0 Å². The van der Waals surface area contributed by atoms with E-state index in [0.29, 0.717) is 17.0 Å². The molecule has 0 unspecified atom stereocenters. The Morgan fingerprint density at radius 1 is 1.21 bits per heavy atom. The zero-order valence-electron chi connectivity index (χ0n) is 15.8. The average molecular weight is 393 g/mol. The van der Waals surface area contributed by atoms with Gasteiger partial charge < -0.3 is 10.1 Å². The van der Waals surface area contributed by atoms with Crippen molar-refractivity contribution in [3.8, 4) is 16.3 Å². The first-order valence-electron chi connectivity index (χ1n) is 8.87. The lowest BCUT2D eigenvalue weighted by molar-refractivity contribution is 0.102. The number of hydrogen-bond acceptors (Lipinski definition) is 6. The lowest BCUT2D eigenvalue weighted by Gasteiger charge is -2.12. The molecular weight excluding hydrogens is 374 g/mol. The number of rotatable bonds is 5. The van der Waals surface area contributed by atoms with Gasteiger partial charge in [0.1, 0.15) is 10.8 Å². The molecule has 8 heteroatoms. The van der Waals surface area contributed by atoms with E-state index in [1.54, 1.807) is 17.7 Å². The number of ether oxygens (including phenoxy) is 1. The highest BCUT2D eigenvalue weighted by Gasteiger charge is 2.16. The first-order valence-corrected chi connectivity index (χ1v) is 9.69. The maximum Gasteiger partial charge on any atom is 0.256 e. The van der Waals surface area contributed by atoms with Crippen LogP contribution in [-0.2, 0) is 6.42 Å². The third-order valence-electron chi connectivity index (χ3n) is 4.46. The van der Waals surface area contributed by atoms with Gasteiger partial charge in [0.25, 0.3) is 5.91 Å². The Morgan fingerprint density at radius 3 is 2.79 bits per heavy atom. The second kappa shape index (κ2) is 7.40. The molecule has 2 aromatic heterocycles. The molecule has 0 radical (unpaired) electrons. The van der Waals surface area contributed by atoms with Crippen molar-refractivity contribution in [3.63, 3.8) is 0 Å². The maximum absolute atomic E-state index is 12.7. The number of anilines is 1. The number of amides is 1. The molecule has 1 amide bonds. The van der Waals surface area contributed by atoms with Crippen LogP contribution in [0.2, 0.25) is 0 Å². The van der Waals surface area contributed by atoms with Gasteiger partial charge in [0, 0.05) is 17.5 Å². The molecule has 7 nitrogen and oxygen atoms in total. The van der Waals surface area contributed by atoms with Crippen LogP contribution >= 0.6 is 11.3 Å². The zero-order valence-corrected chi connectivity index (χ0v) is 16.6. The van der Waals surface area contributed by atoms with Crippen LogP contribution in [0, 0.1) is 6.92 Å². The van der Waals surface area contributed by atoms with Crippen molar-refractivity contribution in [2.45, 2.75) is 20.3 Å². The molecule has 0 spiro atoms. The fraction of sp³-hybridized carbons (Fsp3) is 0.200. The number of aryl methyl sites for hydroxylation is 2. The summed E-state index contributed by atoms with van der Waals surface area (Å²) in [6, 6.07) is 13.1. The molecule has 4 aromatic rings. The van der Waals surface area contributed by atoms with E-state index in [-0.39, 0.29) is 5.91 Å². The highest BCUT2D eigenvalue weighted by molar-refractivity contribution is 7.19. The summed E-state index contributed by atoms with van der Waals surface area (Å²) in [7, 11) is 1.58. The Labute approximate surface area is 166 Å². The van der Waals surface area contributed by atoms with Crippen LogP contribution < -0.4 is 10.1 Å². The van der Waals surface area contributed by atoms with Crippen molar-refractivity contribution in [2.24, 2.45) is 0 Å². The summed E-state index contributed by atoms with van der Waals surface area (Å²) >= 11 is 1.45. The van der Waals surface area contributed by atoms with Crippen LogP contribution in [0.3, 0.4) is 0 Å². The number of hydrogen-bond donors (Lipinski definition) is 1. The topological polar surface area (TPSA) is 81.4 Å². The van der Waals surface area contributed by atoms with Crippen LogP contribution in [0.5, 0.6) is 5.75 Å². The van der Waals surface area contributed by atoms with Crippen molar-refractivity contribution < 1.29 is 9.53 Å². The lowest BCUT2D eigenvalue weighted by atomic mass is 10.1. The number of methoxy groups -OCH3 is 1. The quantitative estimate of drug-likeness (QED) is 0.555. The molecule has 0 aliphatic heterocycles. The average Bonchev–Trinajstić information content (AvgIpc) is 3.28. The molecule has 0 aliphatic carbocycles. The van der Waals surface area contributed by atoms with E-state index >= 15 is 0 Å². The Balaban J connectivity index is 1.70. The molecule has 0 aliphatic rings. The number of nitrogens with one attached hydrogen (secondary N) is 1. The summed E-state index contributed by atoms with van der Waals surface area (Å²) in [5.74, 6) is 1.22. The van der Waals surface area contributed by atoms with Crippen molar-refractivity contribution >= 4 is 27.9 Å². The number of nitrogens with zero attached hydrogens (tertiary/aromatic N) is 4. The Hall–Kier alpha value is -3.26. The number of aromatic nitrogens is 4. The van der Waals surface area contributed by atoms with Crippen LogP contribution in [0.1, 0.15) is 28.7 Å². The fourth-order valence-corrected chi connectivity index (χ4v) is 3.81. The predicted octanol–water partition coefficient (Wildman–Crippen LogP) is 3.98. The molecule has 1 N–H and O–H groups in total. The molecule has 28 heavy (non-hydrogen) atoms. The lowest BCUT2D eigenvalue weighted by Crippen LogP contribution is -2.14. The number of carbonyl (C=O) groups excluding carboxylic acids is 1. The van der Waals surface area contributed by atoms with Gasteiger partial charge in [-0.3, -0.25) is 4.79 Å². The van der Waals surface area contributed by atoms with E-state index in [0.717, 1.165) is 33.3 Å². The molecule has 0 saturated carbocycles. The predicted molar refractivity (Wildman–Crippen MR) is 109 cm³/mol. The third-order valence-corrected chi connectivity index (χ3v) is 5.40. The SMILES string of the molecule is CCc1nnc2sc(-c3ccc(OC)c(NC(=O)c4ccccc4C)c3)nn12. The Bertz CT molecular complexity index is 1160. The monoisotopic (exact) mass is 393 g/mol. The van der Waals surface area contributed by atoms with Gasteiger partial charge in [-0.05, 0) is 36.8 Å². The minimum atomic E-state index is -0.181. The molecule has 0 atom stereocenters. The van der Waals surface area contributed by atoms with Gasteiger partial charge in [-0.1, -0.05) is 36.5 Å². The van der Waals surface area contributed by atoms with Gasteiger partial charge in [0.2, 0.25) is 4.96 Å². The molecule has 2 aromatic carbocycles. The van der Waals surface area contributed by atoms with E-state index < -0.39 is 0 Å². The van der Waals surface area contributed by atoms with Crippen LogP contribution in [0.4, 0.5) is 5.69 Å². The summed E-state index contributed by atoms with van der Waals surface area (Å²) in [5, 5.41) is 16.7. The number of benzene rings is 2. The third kappa shape index (κ3) is 3.22. The summed E-state index contributed by atoms with van der Waals surface area (Å²) in [4.78, 5) is 13.5. The summed E-state index contributed by atoms with van der Waals surface area (Å²) in [5.41, 5.74) is 3.01. The highest BCUT2D eigenvalue weighted by atomic mass is 32.1. The second-order valence-electron chi connectivity index (χ2n) is 6.26. The largest absolute Gasteiger partial charge is 0.495 e. The fourth-order valence-electron chi connectivity index (χ4n) is 2.95. The van der Waals surface area contributed by atoms with Crippen molar-refractivity contribution in [1.29, 1.82) is 0 Å². The zero-order chi connectivity index (χ0) is 19.7.